The normalized spacial score (nSPS) is 17.3. The molecule has 0 amide bonds. The van der Waals surface area contributed by atoms with E-state index in [-0.39, 0.29) is 5.82 Å². The topological polar surface area (TPSA) is 41.7 Å². The number of halogens is 1. The number of piperazine rings is 1. The summed E-state index contributed by atoms with van der Waals surface area (Å²) in [6, 6.07) is 6.55. The van der Waals surface area contributed by atoms with Crippen molar-refractivity contribution in [3.63, 3.8) is 0 Å². The SMILES string of the molecule is NCCN1CCN(CCCOc2ccccc2F)CC1. The van der Waals surface area contributed by atoms with Crippen molar-refractivity contribution in [2.45, 2.75) is 6.42 Å². The first-order valence-corrected chi connectivity index (χ1v) is 7.31. The van der Waals surface area contributed by atoms with Crippen molar-refractivity contribution < 1.29 is 9.13 Å². The Morgan fingerprint density at radius 2 is 1.70 bits per heavy atom. The van der Waals surface area contributed by atoms with Gasteiger partial charge in [0.25, 0.3) is 0 Å². The van der Waals surface area contributed by atoms with Crippen LogP contribution in [0.1, 0.15) is 6.42 Å². The number of hydrogen-bond donors (Lipinski definition) is 1. The first-order valence-electron chi connectivity index (χ1n) is 7.31. The number of ether oxygens (including phenoxy) is 1. The van der Waals surface area contributed by atoms with Gasteiger partial charge in [-0.25, -0.2) is 4.39 Å². The van der Waals surface area contributed by atoms with E-state index in [9.17, 15) is 4.39 Å². The molecule has 112 valence electrons. The van der Waals surface area contributed by atoms with Gasteiger partial charge < -0.3 is 15.4 Å². The average Bonchev–Trinajstić information content (AvgIpc) is 2.47. The fourth-order valence-corrected chi connectivity index (χ4v) is 2.45. The summed E-state index contributed by atoms with van der Waals surface area (Å²) < 4.78 is 18.8. The Labute approximate surface area is 120 Å². The van der Waals surface area contributed by atoms with Crippen LogP contribution >= 0.6 is 0 Å². The van der Waals surface area contributed by atoms with Gasteiger partial charge in [-0.15, -0.1) is 0 Å². The molecule has 0 bridgehead atoms. The largest absolute Gasteiger partial charge is 0.490 e. The highest BCUT2D eigenvalue weighted by atomic mass is 19.1. The number of nitrogens with zero attached hydrogens (tertiary/aromatic N) is 2. The predicted octanol–water partition coefficient (Wildman–Crippen LogP) is 1.17. The molecule has 1 aromatic carbocycles. The first-order chi connectivity index (χ1) is 9.79. The van der Waals surface area contributed by atoms with Gasteiger partial charge in [-0.1, -0.05) is 12.1 Å². The second kappa shape index (κ2) is 8.19. The van der Waals surface area contributed by atoms with Gasteiger partial charge in [-0.3, -0.25) is 4.90 Å². The number of para-hydroxylation sites is 1. The van der Waals surface area contributed by atoms with Gasteiger partial charge in [0.05, 0.1) is 6.61 Å². The average molecular weight is 281 g/mol. The van der Waals surface area contributed by atoms with Crippen LogP contribution in [0.4, 0.5) is 4.39 Å². The van der Waals surface area contributed by atoms with Crippen LogP contribution in [-0.2, 0) is 0 Å². The quantitative estimate of drug-likeness (QED) is 0.762. The van der Waals surface area contributed by atoms with Gasteiger partial charge in [0.2, 0.25) is 0 Å². The first kappa shape index (κ1) is 15.2. The lowest BCUT2D eigenvalue weighted by Gasteiger charge is -2.34. The smallest absolute Gasteiger partial charge is 0.165 e. The highest BCUT2D eigenvalue weighted by Crippen LogP contribution is 2.15. The molecule has 1 aliphatic rings. The lowest BCUT2D eigenvalue weighted by molar-refractivity contribution is 0.128. The molecule has 1 aliphatic heterocycles. The summed E-state index contributed by atoms with van der Waals surface area (Å²) in [6.07, 6.45) is 0.922. The van der Waals surface area contributed by atoms with E-state index in [2.05, 4.69) is 9.80 Å². The number of rotatable bonds is 7. The Morgan fingerprint density at radius 1 is 1.05 bits per heavy atom. The van der Waals surface area contributed by atoms with Crippen molar-refractivity contribution >= 4 is 0 Å². The second-order valence-electron chi connectivity index (χ2n) is 5.10. The summed E-state index contributed by atoms with van der Waals surface area (Å²) >= 11 is 0. The van der Waals surface area contributed by atoms with Crippen LogP contribution in [0.25, 0.3) is 0 Å². The van der Waals surface area contributed by atoms with Crippen molar-refractivity contribution in [3.8, 4) is 5.75 Å². The summed E-state index contributed by atoms with van der Waals surface area (Å²) in [5.74, 6) is 0.0585. The molecule has 0 atom stereocenters. The minimum absolute atomic E-state index is 0.289. The molecule has 0 aromatic heterocycles. The molecule has 0 radical (unpaired) electrons. The van der Waals surface area contributed by atoms with Crippen LogP contribution in [0.2, 0.25) is 0 Å². The van der Waals surface area contributed by atoms with Crippen LogP contribution in [0.5, 0.6) is 5.75 Å². The summed E-state index contributed by atoms with van der Waals surface area (Å²) in [7, 11) is 0. The van der Waals surface area contributed by atoms with Crippen LogP contribution in [-0.4, -0.2) is 62.2 Å². The Kier molecular flexibility index (Phi) is 6.24. The van der Waals surface area contributed by atoms with Gasteiger partial charge in [-0.2, -0.15) is 0 Å². The maximum atomic E-state index is 13.3. The number of hydrogen-bond acceptors (Lipinski definition) is 4. The standard InChI is InChI=1S/C15H24FN3O/c16-14-4-1-2-5-15(14)20-13-3-7-18-9-11-19(8-6-17)12-10-18/h1-2,4-5H,3,6-13,17H2. The molecule has 1 aromatic rings. The molecule has 0 spiro atoms. The van der Waals surface area contributed by atoms with Crippen molar-refractivity contribution in [2.24, 2.45) is 5.73 Å². The molecule has 5 heteroatoms. The molecule has 1 heterocycles. The minimum Gasteiger partial charge on any atom is -0.490 e. The summed E-state index contributed by atoms with van der Waals surface area (Å²) in [4.78, 5) is 4.82. The van der Waals surface area contributed by atoms with Crippen molar-refractivity contribution in [2.75, 3.05) is 52.4 Å². The molecule has 4 nitrogen and oxygen atoms in total. The molecular formula is C15H24FN3O. The van der Waals surface area contributed by atoms with E-state index < -0.39 is 0 Å². The number of nitrogens with two attached hydrogens (primary N) is 1. The Balaban J connectivity index is 1.59. The minimum atomic E-state index is -0.289. The van der Waals surface area contributed by atoms with Gasteiger partial charge in [0.1, 0.15) is 0 Å². The monoisotopic (exact) mass is 281 g/mol. The van der Waals surface area contributed by atoms with E-state index in [0.29, 0.717) is 12.4 Å². The predicted molar refractivity (Wildman–Crippen MR) is 78.4 cm³/mol. The van der Waals surface area contributed by atoms with Crippen LogP contribution in [0.3, 0.4) is 0 Å². The maximum Gasteiger partial charge on any atom is 0.165 e. The Hall–Kier alpha value is -1.17. The van der Waals surface area contributed by atoms with Gasteiger partial charge in [-0.05, 0) is 18.6 Å². The third kappa shape index (κ3) is 4.74. The van der Waals surface area contributed by atoms with Gasteiger partial charge in [0, 0.05) is 45.8 Å². The summed E-state index contributed by atoms with van der Waals surface area (Å²) in [5.41, 5.74) is 5.56. The Morgan fingerprint density at radius 3 is 2.35 bits per heavy atom. The van der Waals surface area contributed by atoms with E-state index in [4.69, 9.17) is 10.5 Å². The van der Waals surface area contributed by atoms with Crippen LogP contribution in [0.15, 0.2) is 24.3 Å². The molecule has 2 rings (SSSR count). The molecule has 20 heavy (non-hydrogen) atoms. The zero-order chi connectivity index (χ0) is 14.2. The van der Waals surface area contributed by atoms with Gasteiger partial charge in [0.15, 0.2) is 11.6 Å². The zero-order valence-electron chi connectivity index (χ0n) is 11.9. The van der Waals surface area contributed by atoms with Crippen molar-refractivity contribution in [1.29, 1.82) is 0 Å². The fraction of sp³-hybridized carbons (Fsp3) is 0.600. The third-order valence-corrected chi connectivity index (χ3v) is 3.62. The Bertz CT molecular complexity index is 394. The van der Waals surface area contributed by atoms with E-state index in [1.807, 2.05) is 0 Å². The lowest BCUT2D eigenvalue weighted by Crippen LogP contribution is -2.48. The van der Waals surface area contributed by atoms with Crippen molar-refractivity contribution in [1.82, 2.24) is 9.80 Å². The number of benzene rings is 1. The summed E-state index contributed by atoms with van der Waals surface area (Å²) in [6.45, 7) is 7.63. The highest BCUT2D eigenvalue weighted by molar-refractivity contribution is 5.23. The van der Waals surface area contributed by atoms with E-state index in [1.54, 1.807) is 18.2 Å². The molecule has 0 saturated carbocycles. The third-order valence-electron chi connectivity index (χ3n) is 3.62. The van der Waals surface area contributed by atoms with Crippen LogP contribution < -0.4 is 10.5 Å². The van der Waals surface area contributed by atoms with E-state index in [0.717, 1.165) is 52.2 Å². The molecular weight excluding hydrogens is 257 g/mol. The maximum absolute atomic E-state index is 13.3. The lowest BCUT2D eigenvalue weighted by atomic mass is 10.3. The zero-order valence-corrected chi connectivity index (χ0v) is 11.9. The highest BCUT2D eigenvalue weighted by Gasteiger charge is 2.15. The van der Waals surface area contributed by atoms with Crippen LogP contribution in [0, 0.1) is 5.82 Å². The molecule has 0 aliphatic carbocycles. The fourth-order valence-electron chi connectivity index (χ4n) is 2.45. The van der Waals surface area contributed by atoms with Gasteiger partial charge >= 0.3 is 0 Å². The molecule has 1 saturated heterocycles. The molecule has 2 N–H and O–H groups in total. The molecule has 1 fully saturated rings. The summed E-state index contributed by atoms with van der Waals surface area (Å²) in [5, 5.41) is 0. The molecule has 0 unspecified atom stereocenters. The van der Waals surface area contributed by atoms with Crippen molar-refractivity contribution in [3.05, 3.63) is 30.1 Å². The van der Waals surface area contributed by atoms with E-state index in [1.165, 1.54) is 6.07 Å². The van der Waals surface area contributed by atoms with E-state index >= 15 is 0 Å². The second-order valence-corrected chi connectivity index (χ2v) is 5.10.